The molecule has 1 aliphatic carbocycles. The van der Waals surface area contributed by atoms with E-state index in [1.165, 1.54) is 32.1 Å². The van der Waals surface area contributed by atoms with Crippen molar-refractivity contribution in [1.82, 2.24) is 10.6 Å². The summed E-state index contributed by atoms with van der Waals surface area (Å²) in [6.07, 6.45) is 6.72. The van der Waals surface area contributed by atoms with Gasteiger partial charge in [-0.1, -0.05) is 33.1 Å². The number of hydrogen-bond acceptors (Lipinski definition) is 1. The van der Waals surface area contributed by atoms with E-state index in [2.05, 4.69) is 36.4 Å². The minimum Gasteiger partial charge on any atom is -0.357 e. The van der Waals surface area contributed by atoms with Crippen molar-refractivity contribution in [2.75, 3.05) is 13.1 Å². The Bertz CT molecular complexity index is 205. The molecule has 0 aromatic rings. The molecule has 0 aliphatic heterocycles. The topological polar surface area (TPSA) is 36.4 Å². The van der Waals surface area contributed by atoms with E-state index in [0.29, 0.717) is 12.0 Å². The standard InChI is InChI=1S/C13H27N3/c1-4-14-13(15-10-11(2)3)16-12-8-6-5-7-9-12/h11-12H,4-10H2,1-3H3,(H2,14,15,16). The Morgan fingerprint density at radius 2 is 1.94 bits per heavy atom. The highest BCUT2D eigenvalue weighted by molar-refractivity contribution is 5.80. The second-order valence-electron chi connectivity index (χ2n) is 5.09. The van der Waals surface area contributed by atoms with Crippen molar-refractivity contribution >= 4 is 5.96 Å². The van der Waals surface area contributed by atoms with Gasteiger partial charge in [0.25, 0.3) is 0 Å². The summed E-state index contributed by atoms with van der Waals surface area (Å²) in [4.78, 5) is 4.60. The molecule has 1 rings (SSSR count). The second-order valence-corrected chi connectivity index (χ2v) is 5.09. The first kappa shape index (κ1) is 13.3. The normalized spacial score (nSPS) is 18.9. The molecule has 0 saturated heterocycles. The van der Waals surface area contributed by atoms with Crippen LogP contribution in [0.15, 0.2) is 4.99 Å². The number of rotatable bonds is 4. The quantitative estimate of drug-likeness (QED) is 0.570. The van der Waals surface area contributed by atoms with Crippen molar-refractivity contribution in [1.29, 1.82) is 0 Å². The molecule has 2 N–H and O–H groups in total. The predicted octanol–water partition coefficient (Wildman–Crippen LogP) is 2.53. The monoisotopic (exact) mass is 225 g/mol. The molecule has 3 nitrogen and oxygen atoms in total. The lowest BCUT2D eigenvalue weighted by Gasteiger charge is -2.25. The average Bonchev–Trinajstić information content (AvgIpc) is 2.27. The van der Waals surface area contributed by atoms with Gasteiger partial charge in [0, 0.05) is 19.1 Å². The Morgan fingerprint density at radius 1 is 1.25 bits per heavy atom. The van der Waals surface area contributed by atoms with Gasteiger partial charge in [0.2, 0.25) is 0 Å². The molecule has 1 fully saturated rings. The van der Waals surface area contributed by atoms with Crippen LogP contribution in [0.3, 0.4) is 0 Å². The van der Waals surface area contributed by atoms with Crippen molar-refractivity contribution in [2.45, 2.75) is 58.9 Å². The van der Waals surface area contributed by atoms with Crippen molar-refractivity contribution in [3.63, 3.8) is 0 Å². The summed E-state index contributed by atoms with van der Waals surface area (Å²) >= 11 is 0. The van der Waals surface area contributed by atoms with Crippen LogP contribution in [0.2, 0.25) is 0 Å². The fourth-order valence-corrected chi connectivity index (χ4v) is 2.03. The molecule has 3 heteroatoms. The van der Waals surface area contributed by atoms with Crippen molar-refractivity contribution in [3.8, 4) is 0 Å². The second kappa shape index (κ2) is 7.53. The lowest BCUT2D eigenvalue weighted by molar-refractivity contribution is 0.410. The molecule has 0 atom stereocenters. The third kappa shape index (κ3) is 5.38. The van der Waals surface area contributed by atoms with Crippen LogP contribution in [0, 0.1) is 5.92 Å². The van der Waals surface area contributed by atoms with Gasteiger partial charge in [-0.3, -0.25) is 4.99 Å². The van der Waals surface area contributed by atoms with Gasteiger partial charge >= 0.3 is 0 Å². The van der Waals surface area contributed by atoms with E-state index in [0.717, 1.165) is 19.0 Å². The summed E-state index contributed by atoms with van der Waals surface area (Å²) in [6.45, 7) is 8.37. The van der Waals surface area contributed by atoms with E-state index in [1.54, 1.807) is 0 Å². The zero-order valence-electron chi connectivity index (χ0n) is 11.1. The summed E-state index contributed by atoms with van der Waals surface area (Å²) in [5, 5.41) is 6.88. The van der Waals surface area contributed by atoms with Crippen LogP contribution in [0.4, 0.5) is 0 Å². The summed E-state index contributed by atoms with van der Waals surface area (Å²) in [5.41, 5.74) is 0. The average molecular weight is 225 g/mol. The highest BCUT2D eigenvalue weighted by Crippen LogP contribution is 2.17. The number of nitrogens with one attached hydrogen (secondary N) is 2. The molecule has 16 heavy (non-hydrogen) atoms. The number of nitrogens with zero attached hydrogens (tertiary/aromatic N) is 1. The highest BCUT2D eigenvalue weighted by Gasteiger charge is 2.14. The van der Waals surface area contributed by atoms with Gasteiger partial charge in [-0.25, -0.2) is 0 Å². The first-order valence-electron chi connectivity index (χ1n) is 6.77. The van der Waals surface area contributed by atoms with Gasteiger partial charge in [-0.2, -0.15) is 0 Å². The first-order valence-corrected chi connectivity index (χ1v) is 6.77. The lowest BCUT2D eigenvalue weighted by atomic mass is 9.96. The fraction of sp³-hybridized carbons (Fsp3) is 0.923. The molecule has 0 bridgehead atoms. The van der Waals surface area contributed by atoms with Crippen molar-refractivity contribution in [3.05, 3.63) is 0 Å². The minimum absolute atomic E-state index is 0.627. The van der Waals surface area contributed by atoms with Gasteiger partial charge in [0.05, 0.1) is 0 Å². The molecule has 94 valence electrons. The number of aliphatic imine (C=N–C) groups is 1. The molecule has 0 unspecified atom stereocenters. The zero-order valence-corrected chi connectivity index (χ0v) is 11.1. The molecule has 0 radical (unpaired) electrons. The zero-order chi connectivity index (χ0) is 11.8. The maximum atomic E-state index is 4.60. The van der Waals surface area contributed by atoms with Gasteiger partial charge in [-0.15, -0.1) is 0 Å². The molecular formula is C13H27N3. The first-order chi connectivity index (χ1) is 7.72. The maximum Gasteiger partial charge on any atom is 0.191 e. The highest BCUT2D eigenvalue weighted by atomic mass is 15.2. The molecule has 0 heterocycles. The Hall–Kier alpha value is -0.730. The largest absolute Gasteiger partial charge is 0.357 e. The van der Waals surface area contributed by atoms with E-state index < -0.39 is 0 Å². The third-order valence-electron chi connectivity index (χ3n) is 2.90. The molecule has 0 aromatic heterocycles. The minimum atomic E-state index is 0.627. The number of guanidine groups is 1. The van der Waals surface area contributed by atoms with Crippen LogP contribution in [-0.4, -0.2) is 25.1 Å². The summed E-state index contributed by atoms with van der Waals surface area (Å²) < 4.78 is 0. The van der Waals surface area contributed by atoms with Gasteiger partial charge in [0.1, 0.15) is 0 Å². The Kier molecular flexibility index (Phi) is 6.27. The van der Waals surface area contributed by atoms with Gasteiger partial charge in [-0.05, 0) is 25.7 Å². The lowest BCUT2D eigenvalue weighted by Crippen LogP contribution is -2.44. The fourth-order valence-electron chi connectivity index (χ4n) is 2.03. The van der Waals surface area contributed by atoms with E-state index >= 15 is 0 Å². The maximum absolute atomic E-state index is 4.60. The summed E-state index contributed by atoms with van der Waals surface area (Å²) in [7, 11) is 0. The van der Waals surface area contributed by atoms with E-state index in [1.807, 2.05) is 0 Å². The smallest absolute Gasteiger partial charge is 0.191 e. The van der Waals surface area contributed by atoms with E-state index in [-0.39, 0.29) is 0 Å². The molecule has 1 saturated carbocycles. The van der Waals surface area contributed by atoms with Gasteiger partial charge < -0.3 is 10.6 Å². The van der Waals surface area contributed by atoms with Crippen LogP contribution < -0.4 is 10.6 Å². The molecule has 1 aliphatic rings. The molecule has 0 aromatic carbocycles. The van der Waals surface area contributed by atoms with Crippen LogP contribution in [0.1, 0.15) is 52.9 Å². The SMILES string of the molecule is CCNC(=NCC(C)C)NC1CCCCC1. The Labute approximate surface area is 100 Å². The van der Waals surface area contributed by atoms with Crippen molar-refractivity contribution < 1.29 is 0 Å². The Balaban J connectivity index is 2.39. The van der Waals surface area contributed by atoms with Crippen LogP contribution in [0.25, 0.3) is 0 Å². The van der Waals surface area contributed by atoms with Crippen molar-refractivity contribution in [2.24, 2.45) is 10.9 Å². The van der Waals surface area contributed by atoms with E-state index in [4.69, 9.17) is 0 Å². The van der Waals surface area contributed by atoms with E-state index in [9.17, 15) is 0 Å². The predicted molar refractivity (Wildman–Crippen MR) is 70.8 cm³/mol. The number of hydrogen-bond donors (Lipinski definition) is 2. The summed E-state index contributed by atoms with van der Waals surface area (Å²) in [5.74, 6) is 1.63. The van der Waals surface area contributed by atoms with Crippen LogP contribution >= 0.6 is 0 Å². The van der Waals surface area contributed by atoms with Gasteiger partial charge in [0.15, 0.2) is 5.96 Å². The Morgan fingerprint density at radius 3 is 2.50 bits per heavy atom. The molecule has 0 spiro atoms. The summed E-state index contributed by atoms with van der Waals surface area (Å²) in [6, 6.07) is 0.638. The van der Waals surface area contributed by atoms with Crippen LogP contribution in [0.5, 0.6) is 0 Å². The third-order valence-corrected chi connectivity index (χ3v) is 2.90. The van der Waals surface area contributed by atoms with Crippen LogP contribution in [-0.2, 0) is 0 Å². The molecular weight excluding hydrogens is 198 g/mol. The molecule has 0 amide bonds.